The van der Waals surface area contributed by atoms with Crippen molar-refractivity contribution in [1.82, 2.24) is 5.48 Å². The molecule has 7 heteroatoms. The summed E-state index contributed by atoms with van der Waals surface area (Å²) in [4.78, 5) is 25.1. The van der Waals surface area contributed by atoms with E-state index in [1.807, 2.05) is 67.5 Å². The molecule has 0 aliphatic heterocycles. The molecule has 1 amide bonds. The lowest BCUT2D eigenvalue weighted by Crippen LogP contribution is -2.17. The smallest absolute Gasteiger partial charge is 0.243 e. The molecule has 0 spiro atoms. The van der Waals surface area contributed by atoms with Crippen LogP contribution >= 0.6 is 0 Å². The highest BCUT2D eigenvalue weighted by Crippen LogP contribution is 2.21. The molecule has 0 fully saturated rings. The largest absolute Gasteiger partial charge is 0.378 e. The fourth-order valence-corrected chi connectivity index (χ4v) is 2.95. The molecule has 0 heterocycles. The number of azo groups is 1. The number of hydrogen-bond acceptors (Lipinski definition) is 6. The van der Waals surface area contributed by atoms with E-state index in [-0.39, 0.29) is 11.7 Å². The van der Waals surface area contributed by atoms with Crippen LogP contribution in [0.2, 0.25) is 0 Å². The Morgan fingerprint density at radius 3 is 1.90 bits per heavy atom. The first-order chi connectivity index (χ1) is 14.5. The third kappa shape index (κ3) is 8.53. The summed E-state index contributed by atoms with van der Waals surface area (Å²) in [6.45, 7) is 0. The lowest BCUT2D eigenvalue weighted by atomic mass is 10.0. The molecule has 30 heavy (non-hydrogen) atoms. The average Bonchev–Trinajstić information content (AvgIpc) is 2.75. The van der Waals surface area contributed by atoms with Crippen molar-refractivity contribution in [2.45, 2.75) is 44.9 Å². The van der Waals surface area contributed by atoms with Crippen LogP contribution in [-0.4, -0.2) is 31.0 Å². The molecular formula is C23H30N4O3. The van der Waals surface area contributed by atoms with Crippen molar-refractivity contribution < 1.29 is 14.8 Å². The molecule has 0 saturated carbocycles. The molecule has 2 aromatic carbocycles. The molecule has 0 aromatic heterocycles. The summed E-state index contributed by atoms with van der Waals surface area (Å²) in [6.07, 6.45) is 4.58. The Labute approximate surface area is 177 Å². The molecule has 0 unspecified atom stereocenters. The van der Waals surface area contributed by atoms with Gasteiger partial charge in [0.25, 0.3) is 0 Å². The second-order valence-electron chi connectivity index (χ2n) is 7.44. The topological polar surface area (TPSA) is 94.4 Å². The van der Waals surface area contributed by atoms with Gasteiger partial charge in [0.2, 0.25) is 5.91 Å². The zero-order chi connectivity index (χ0) is 21.8. The lowest BCUT2D eigenvalue weighted by Gasteiger charge is -2.11. The van der Waals surface area contributed by atoms with Gasteiger partial charge in [0, 0.05) is 39.0 Å². The number of hydrogen-bond donors (Lipinski definition) is 2. The van der Waals surface area contributed by atoms with Gasteiger partial charge >= 0.3 is 0 Å². The van der Waals surface area contributed by atoms with Crippen LogP contribution in [0.3, 0.4) is 0 Å². The minimum absolute atomic E-state index is 0.207. The van der Waals surface area contributed by atoms with E-state index in [4.69, 9.17) is 5.21 Å². The standard InChI is InChI=1S/C23H30N4O3/c1-27(2)21-15-13-20(14-16-21)25-24-19-11-9-18(10-12-19)17-22(28)7-5-3-4-6-8-23(29)26-30/h9-16,30H,3-8,17H2,1-2H3,(H,26,29). The summed E-state index contributed by atoms with van der Waals surface area (Å²) >= 11 is 0. The van der Waals surface area contributed by atoms with E-state index in [0.717, 1.165) is 48.3 Å². The van der Waals surface area contributed by atoms with E-state index >= 15 is 0 Å². The Kier molecular flexibility index (Phi) is 9.67. The number of rotatable bonds is 12. The zero-order valence-electron chi connectivity index (χ0n) is 17.7. The fourth-order valence-electron chi connectivity index (χ4n) is 2.95. The van der Waals surface area contributed by atoms with Crippen LogP contribution in [0.5, 0.6) is 0 Å². The Morgan fingerprint density at radius 2 is 1.37 bits per heavy atom. The van der Waals surface area contributed by atoms with Gasteiger partial charge in [-0.05, 0) is 54.8 Å². The summed E-state index contributed by atoms with van der Waals surface area (Å²) in [5.41, 5.74) is 5.23. The normalized spacial score (nSPS) is 10.9. The fraction of sp³-hybridized carbons (Fsp3) is 0.391. The number of Topliss-reactive ketones (excluding diaryl/α,β-unsaturated/α-hetero) is 1. The van der Waals surface area contributed by atoms with Crippen molar-refractivity contribution in [3.8, 4) is 0 Å². The van der Waals surface area contributed by atoms with Gasteiger partial charge in [0.1, 0.15) is 5.78 Å². The van der Waals surface area contributed by atoms with Crippen LogP contribution in [0.1, 0.15) is 44.1 Å². The van der Waals surface area contributed by atoms with Gasteiger partial charge in [-0.25, -0.2) is 5.48 Å². The second kappa shape index (κ2) is 12.5. The van der Waals surface area contributed by atoms with Crippen LogP contribution in [0.25, 0.3) is 0 Å². The van der Waals surface area contributed by atoms with Crippen LogP contribution in [0.15, 0.2) is 58.8 Å². The summed E-state index contributed by atoms with van der Waals surface area (Å²) in [7, 11) is 3.98. The average molecular weight is 411 g/mol. The van der Waals surface area contributed by atoms with Crippen LogP contribution < -0.4 is 10.4 Å². The van der Waals surface area contributed by atoms with Crippen molar-refractivity contribution in [2.75, 3.05) is 19.0 Å². The Morgan fingerprint density at radius 1 is 0.833 bits per heavy atom. The first-order valence-corrected chi connectivity index (χ1v) is 10.2. The first kappa shape index (κ1) is 23.2. The summed E-state index contributed by atoms with van der Waals surface area (Å²) in [5.74, 6) is -0.158. The number of nitrogens with zero attached hydrogens (tertiary/aromatic N) is 3. The third-order valence-electron chi connectivity index (χ3n) is 4.72. The summed E-state index contributed by atoms with van der Waals surface area (Å²) < 4.78 is 0. The van der Waals surface area contributed by atoms with Gasteiger partial charge in [-0.2, -0.15) is 10.2 Å². The SMILES string of the molecule is CN(C)c1ccc(N=Nc2ccc(CC(=O)CCCCCCC(=O)NO)cc2)cc1. The number of hydroxylamine groups is 1. The molecule has 0 aliphatic carbocycles. The highest BCUT2D eigenvalue weighted by Gasteiger charge is 2.05. The highest BCUT2D eigenvalue weighted by molar-refractivity contribution is 5.80. The molecule has 0 aliphatic rings. The maximum absolute atomic E-state index is 12.1. The van der Waals surface area contributed by atoms with E-state index in [1.54, 1.807) is 5.48 Å². The van der Waals surface area contributed by atoms with Gasteiger partial charge in [0.15, 0.2) is 0 Å². The minimum Gasteiger partial charge on any atom is -0.378 e. The third-order valence-corrected chi connectivity index (χ3v) is 4.72. The molecule has 2 N–H and O–H groups in total. The number of benzene rings is 2. The number of unbranched alkanes of at least 4 members (excludes halogenated alkanes) is 3. The predicted molar refractivity (Wildman–Crippen MR) is 118 cm³/mol. The summed E-state index contributed by atoms with van der Waals surface area (Å²) in [6, 6.07) is 15.4. The van der Waals surface area contributed by atoms with Gasteiger partial charge in [-0.15, -0.1) is 0 Å². The Balaban J connectivity index is 1.72. The van der Waals surface area contributed by atoms with Gasteiger partial charge in [0.05, 0.1) is 11.4 Å². The molecule has 0 atom stereocenters. The molecule has 0 saturated heterocycles. The number of amides is 1. The predicted octanol–water partition coefficient (Wildman–Crippen LogP) is 5.13. The van der Waals surface area contributed by atoms with Crippen molar-refractivity contribution in [2.24, 2.45) is 10.2 Å². The summed E-state index contributed by atoms with van der Waals surface area (Å²) in [5, 5.41) is 16.9. The van der Waals surface area contributed by atoms with Crippen molar-refractivity contribution in [3.63, 3.8) is 0 Å². The molecule has 7 nitrogen and oxygen atoms in total. The van der Waals surface area contributed by atoms with E-state index < -0.39 is 0 Å². The number of ketones is 1. The maximum Gasteiger partial charge on any atom is 0.243 e. The maximum atomic E-state index is 12.1. The molecule has 0 radical (unpaired) electrons. The number of carbonyl (C=O) groups is 2. The quantitative estimate of drug-likeness (QED) is 0.220. The van der Waals surface area contributed by atoms with E-state index in [1.165, 1.54) is 0 Å². The molecule has 2 aromatic rings. The van der Waals surface area contributed by atoms with Crippen LogP contribution in [0, 0.1) is 0 Å². The molecule has 160 valence electrons. The minimum atomic E-state index is -0.365. The van der Waals surface area contributed by atoms with Crippen molar-refractivity contribution in [3.05, 3.63) is 54.1 Å². The van der Waals surface area contributed by atoms with Gasteiger partial charge in [-0.3, -0.25) is 14.8 Å². The molecular weight excluding hydrogens is 380 g/mol. The number of anilines is 1. The number of carbonyl (C=O) groups excluding carboxylic acids is 2. The zero-order valence-corrected chi connectivity index (χ0v) is 17.7. The van der Waals surface area contributed by atoms with Crippen molar-refractivity contribution >= 4 is 28.8 Å². The second-order valence-corrected chi connectivity index (χ2v) is 7.44. The number of nitrogens with one attached hydrogen (secondary N) is 1. The van der Waals surface area contributed by atoms with Gasteiger partial charge < -0.3 is 4.90 Å². The van der Waals surface area contributed by atoms with Crippen LogP contribution in [-0.2, 0) is 16.0 Å². The monoisotopic (exact) mass is 410 g/mol. The molecule has 0 bridgehead atoms. The first-order valence-electron chi connectivity index (χ1n) is 10.2. The van der Waals surface area contributed by atoms with Crippen molar-refractivity contribution in [1.29, 1.82) is 0 Å². The highest BCUT2D eigenvalue weighted by atomic mass is 16.5. The lowest BCUT2D eigenvalue weighted by molar-refractivity contribution is -0.129. The van der Waals surface area contributed by atoms with E-state index in [2.05, 4.69) is 10.2 Å². The molecule has 2 rings (SSSR count). The van der Waals surface area contributed by atoms with E-state index in [0.29, 0.717) is 19.3 Å². The van der Waals surface area contributed by atoms with Gasteiger partial charge in [-0.1, -0.05) is 25.0 Å². The Hall–Kier alpha value is -3.06. The van der Waals surface area contributed by atoms with E-state index in [9.17, 15) is 9.59 Å². The van der Waals surface area contributed by atoms with Crippen LogP contribution in [0.4, 0.5) is 17.1 Å². The Bertz CT molecular complexity index is 831.